The van der Waals surface area contributed by atoms with Crippen molar-refractivity contribution in [2.75, 3.05) is 31.8 Å². The smallest absolute Gasteiger partial charge is 0.279 e. The van der Waals surface area contributed by atoms with Crippen LogP contribution >= 0.6 is 23.5 Å². The van der Waals surface area contributed by atoms with Crippen molar-refractivity contribution in [3.05, 3.63) is 0 Å². The second-order valence-electron chi connectivity index (χ2n) is 18.5. The normalized spacial score (nSPS) is 12.8. The number of methoxy groups -OCH3 is 1. The average Bonchev–Trinajstić information content (AvgIpc) is 3.18. The Morgan fingerprint density at radius 2 is 0.875 bits per heavy atom. The van der Waals surface area contributed by atoms with Crippen molar-refractivity contribution in [3.8, 4) is 0 Å². The van der Waals surface area contributed by atoms with Crippen molar-refractivity contribution >= 4 is 28.8 Å². The Balaban J connectivity index is 4.24. The van der Waals surface area contributed by atoms with Gasteiger partial charge in [-0.15, -0.1) is 0 Å². The average molecular weight is 828 g/mol. The minimum absolute atomic E-state index is 0.0920. The second-order valence-corrected chi connectivity index (χ2v) is 20.9. The first-order valence-electron chi connectivity index (χ1n) is 24.9. The molecule has 0 radical (unpaired) electrons. The van der Waals surface area contributed by atoms with E-state index in [4.69, 9.17) is 9.47 Å². The number of ether oxygens (including phenoxy) is 2. The summed E-state index contributed by atoms with van der Waals surface area (Å²) in [5.74, 6) is 1.88. The van der Waals surface area contributed by atoms with E-state index in [1.807, 2.05) is 0 Å². The standard InChI is InChI=1S/C50H101NO3S2/c1-8-10-12-14-16-18-20-22-24-26-27-29-31-33-35-37-39-41-47(45-51-48(52)56-46-50(5,6)54-43-42-49(3,4)53-7)55-44-40-38-36-34-32-30-28-25-23-21-19-17-15-13-11-9-2/h47H,8-46H2,1-7H3,(H,51,52). The van der Waals surface area contributed by atoms with Crippen LogP contribution in [0.2, 0.25) is 0 Å². The van der Waals surface area contributed by atoms with E-state index in [2.05, 4.69) is 58.6 Å². The van der Waals surface area contributed by atoms with E-state index in [0.29, 0.717) is 17.6 Å². The number of amides is 1. The Hall–Kier alpha value is 0.0900. The molecule has 4 nitrogen and oxygen atoms in total. The van der Waals surface area contributed by atoms with Gasteiger partial charge >= 0.3 is 0 Å². The fourth-order valence-corrected chi connectivity index (χ4v) is 9.43. The highest BCUT2D eigenvalue weighted by atomic mass is 32.2. The molecule has 0 rings (SSSR count). The van der Waals surface area contributed by atoms with Crippen LogP contribution in [-0.4, -0.2) is 53.5 Å². The molecule has 0 aromatic rings. The first-order valence-corrected chi connectivity index (χ1v) is 26.9. The maximum absolute atomic E-state index is 12.9. The minimum Gasteiger partial charge on any atom is -0.379 e. The molecule has 0 saturated heterocycles. The molecule has 336 valence electrons. The zero-order valence-corrected chi connectivity index (χ0v) is 40.8. The molecule has 0 saturated carbocycles. The largest absolute Gasteiger partial charge is 0.379 e. The van der Waals surface area contributed by atoms with Crippen molar-refractivity contribution in [1.29, 1.82) is 0 Å². The second kappa shape index (κ2) is 41.8. The van der Waals surface area contributed by atoms with Crippen LogP contribution in [0.15, 0.2) is 0 Å². The lowest BCUT2D eigenvalue weighted by Crippen LogP contribution is -2.34. The van der Waals surface area contributed by atoms with Gasteiger partial charge in [0.05, 0.1) is 17.8 Å². The van der Waals surface area contributed by atoms with E-state index < -0.39 is 0 Å². The molecule has 0 aliphatic carbocycles. The first kappa shape index (κ1) is 56.1. The van der Waals surface area contributed by atoms with Crippen LogP contribution in [0.5, 0.6) is 0 Å². The van der Waals surface area contributed by atoms with Crippen molar-refractivity contribution in [1.82, 2.24) is 5.32 Å². The fraction of sp³-hybridized carbons (Fsp3) is 0.980. The number of carbonyl (C=O) groups is 1. The van der Waals surface area contributed by atoms with Crippen LogP contribution in [0.25, 0.3) is 0 Å². The van der Waals surface area contributed by atoms with Crippen molar-refractivity contribution in [2.45, 2.75) is 283 Å². The van der Waals surface area contributed by atoms with Gasteiger partial charge in [0.15, 0.2) is 0 Å². The number of unbranched alkanes of at least 4 members (excludes halogenated alkanes) is 31. The molecule has 0 aromatic carbocycles. The van der Waals surface area contributed by atoms with Crippen molar-refractivity contribution < 1.29 is 14.3 Å². The highest BCUT2D eigenvalue weighted by Crippen LogP contribution is 2.24. The lowest BCUT2D eigenvalue weighted by molar-refractivity contribution is -0.0481. The Bertz CT molecular complexity index is 769. The van der Waals surface area contributed by atoms with Crippen molar-refractivity contribution in [2.24, 2.45) is 0 Å². The van der Waals surface area contributed by atoms with Crippen LogP contribution in [0.1, 0.15) is 266 Å². The predicted octanol–water partition coefficient (Wildman–Crippen LogP) is 17.4. The summed E-state index contributed by atoms with van der Waals surface area (Å²) in [4.78, 5) is 12.9. The van der Waals surface area contributed by atoms with Crippen molar-refractivity contribution in [3.63, 3.8) is 0 Å². The number of carbonyl (C=O) groups excluding carboxylic acids is 1. The maximum Gasteiger partial charge on any atom is 0.279 e. The topological polar surface area (TPSA) is 47.6 Å². The zero-order valence-electron chi connectivity index (χ0n) is 39.2. The van der Waals surface area contributed by atoms with Gasteiger partial charge in [0, 0.05) is 24.7 Å². The predicted molar refractivity (Wildman–Crippen MR) is 256 cm³/mol. The van der Waals surface area contributed by atoms with Gasteiger partial charge in [-0.25, -0.2) is 0 Å². The number of rotatable bonds is 45. The molecule has 6 heteroatoms. The highest BCUT2D eigenvalue weighted by Gasteiger charge is 2.23. The van der Waals surface area contributed by atoms with Gasteiger partial charge in [0.1, 0.15) is 0 Å². The van der Waals surface area contributed by atoms with E-state index >= 15 is 0 Å². The third-order valence-electron chi connectivity index (χ3n) is 11.8. The Morgan fingerprint density at radius 1 is 0.518 bits per heavy atom. The molecule has 0 heterocycles. The monoisotopic (exact) mass is 828 g/mol. The SMILES string of the molecule is CCCCCCCCCCCCCCCCCCCC(CNC(=O)SCC(C)(C)OCCC(C)(C)OC)SCCCCCCCCCCCCCCCCCC. The van der Waals surface area contributed by atoms with E-state index in [0.717, 1.165) is 13.0 Å². The first-order chi connectivity index (χ1) is 27.2. The van der Waals surface area contributed by atoms with E-state index in [9.17, 15) is 4.79 Å². The lowest BCUT2D eigenvalue weighted by Gasteiger charge is -2.28. The molecule has 0 bridgehead atoms. The molecule has 0 spiro atoms. The number of nitrogens with one attached hydrogen (secondary N) is 1. The van der Waals surface area contributed by atoms with Crippen LogP contribution in [-0.2, 0) is 9.47 Å². The van der Waals surface area contributed by atoms with E-state index in [-0.39, 0.29) is 16.4 Å². The lowest BCUT2D eigenvalue weighted by atomic mass is 10.0. The number of hydrogen-bond donors (Lipinski definition) is 1. The molecular formula is C50H101NO3S2. The fourth-order valence-electron chi connectivity index (χ4n) is 7.45. The Labute approximate surface area is 361 Å². The van der Waals surface area contributed by atoms with Gasteiger partial charge in [-0.1, -0.05) is 231 Å². The summed E-state index contributed by atoms with van der Waals surface area (Å²) in [6.07, 6.45) is 48.7. The number of thioether (sulfide) groups is 2. The summed E-state index contributed by atoms with van der Waals surface area (Å²) in [6, 6.07) is 0. The maximum atomic E-state index is 12.9. The quantitative estimate of drug-likeness (QED) is 0.0620. The third kappa shape index (κ3) is 42.2. The highest BCUT2D eigenvalue weighted by molar-refractivity contribution is 8.13. The molecule has 1 atom stereocenters. The zero-order chi connectivity index (χ0) is 41.3. The number of hydrogen-bond acceptors (Lipinski definition) is 5. The molecule has 1 unspecified atom stereocenters. The molecule has 0 aromatic heterocycles. The molecular weight excluding hydrogens is 727 g/mol. The summed E-state index contributed by atoms with van der Waals surface area (Å²) in [6.45, 7) is 14.4. The molecule has 0 fully saturated rings. The molecule has 1 amide bonds. The summed E-state index contributed by atoms with van der Waals surface area (Å²) < 4.78 is 11.7. The van der Waals surface area contributed by atoms with Gasteiger partial charge in [0.2, 0.25) is 0 Å². The summed E-state index contributed by atoms with van der Waals surface area (Å²) in [5.41, 5.74) is -0.536. The molecule has 0 aliphatic rings. The van der Waals surface area contributed by atoms with Gasteiger partial charge < -0.3 is 14.8 Å². The van der Waals surface area contributed by atoms with Crippen LogP contribution in [0, 0.1) is 0 Å². The summed E-state index contributed by atoms with van der Waals surface area (Å²) >= 11 is 3.49. The van der Waals surface area contributed by atoms with Gasteiger partial charge in [-0.05, 0) is 52.7 Å². The van der Waals surface area contributed by atoms with Crippen LogP contribution in [0.3, 0.4) is 0 Å². The van der Waals surface area contributed by atoms with Gasteiger partial charge in [-0.3, -0.25) is 4.79 Å². The van der Waals surface area contributed by atoms with Crippen LogP contribution < -0.4 is 5.32 Å². The third-order valence-corrected chi connectivity index (χ3v) is 14.4. The van der Waals surface area contributed by atoms with Gasteiger partial charge in [0.25, 0.3) is 5.24 Å². The summed E-state index contributed by atoms with van der Waals surface area (Å²) in [5, 5.41) is 3.90. The van der Waals surface area contributed by atoms with Crippen LogP contribution in [0.4, 0.5) is 4.79 Å². The Kier molecular flexibility index (Phi) is 41.9. The molecule has 0 aliphatic heterocycles. The van der Waals surface area contributed by atoms with E-state index in [1.54, 1.807) is 7.11 Å². The molecule has 1 N–H and O–H groups in total. The summed E-state index contributed by atoms with van der Waals surface area (Å²) in [7, 11) is 1.75. The minimum atomic E-state index is -0.347. The molecule has 56 heavy (non-hydrogen) atoms. The van der Waals surface area contributed by atoms with E-state index in [1.165, 1.54) is 236 Å². The van der Waals surface area contributed by atoms with Gasteiger partial charge in [-0.2, -0.15) is 11.8 Å². The Morgan fingerprint density at radius 3 is 1.25 bits per heavy atom.